The number of amides is 4. The number of likely N-dealkylation sites (tertiary alicyclic amines) is 1. The van der Waals surface area contributed by atoms with Crippen LogP contribution in [0, 0.1) is 0 Å². The van der Waals surface area contributed by atoms with Gasteiger partial charge in [0.15, 0.2) is 11.5 Å². The summed E-state index contributed by atoms with van der Waals surface area (Å²) in [5, 5.41) is 2.02. The Morgan fingerprint density at radius 2 is 1.80 bits per heavy atom. The summed E-state index contributed by atoms with van der Waals surface area (Å²) in [7, 11) is -4.28. The van der Waals surface area contributed by atoms with Crippen molar-refractivity contribution in [2.24, 2.45) is 0 Å². The molecular weight excluding hydrogens is 626 g/mol. The molecule has 40 heavy (non-hydrogen) atoms. The molecule has 0 aromatic heterocycles. The van der Waals surface area contributed by atoms with E-state index in [0.717, 1.165) is 29.5 Å². The summed E-state index contributed by atoms with van der Waals surface area (Å²) >= 11 is 4.05. The number of rotatable bonds is 9. The van der Waals surface area contributed by atoms with Crippen molar-refractivity contribution in [3.8, 4) is 11.5 Å². The number of nitrogens with zero attached hydrogens (tertiary/aromatic N) is 2. The number of ether oxygens (including phenoxy) is 1. The van der Waals surface area contributed by atoms with E-state index in [9.17, 15) is 27.6 Å². The molecule has 0 radical (unpaired) electrons. The topological polar surface area (TPSA) is 139 Å². The first-order valence-electron chi connectivity index (χ1n) is 12.3. The van der Waals surface area contributed by atoms with E-state index in [1.165, 1.54) is 49.4 Å². The molecule has 2 aliphatic heterocycles. The molecule has 0 spiro atoms. The summed E-state index contributed by atoms with van der Waals surface area (Å²) in [6.07, 6.45) is 3.27. The largest absolute Gasteiger partial charge is 0.490 e. The summed E-state index contributed by atoms with van der Waals surface area (Å²) < 4.78 is 37.2. The van der Waals surface area contributed by atoms with Crippen LogP contribution in [-0.4, -0.2) is 67.4 Å². The number of halogens is 1. The minimum Gasteiger partial charge on any atom is -0.490 e. The molecule has 2 saturated heterocycles. The number of carbonyl (C=O) groups excluding carboxylic acids is 4. The van der Waals surface area contributed by atoms with Crippen molar-refractivity contribution < 1.29 is 36.5 Å². The lowest BCUT2D eigenvalue weighted by atomic mass is 10.2. The lowest BCUT2D eigenvalue weighted by Gasteiger charge is -2.18. The lowest BCUT2D eigenvalue weighted by Crippen LogP contribution is -2.40. The molecule has 1 N–H and O–H groups in total. The first-order valence-corrected chi connectivity index (χ1v) is 15.3. The summed E-state index contributed by atoms with van der Waals surface area (Å²) in [4.78, 5) is 51.7. The molecule has 2 aromatic rings. The molecule has 2 heterocycles. The second kappa shape index (κ2) is 12.4. The Labute approximate surface area is 244 Å². The zero-order chi connectivity index (χ0) is 29.0. The third-order valence-electron chi connectivity index (χ3n) is 5.91. The van der Waals surface area contributed by atoms with Crippen molar-refractivity contribution in [1.29, 1.82) is 0 Å². The van der Waals surface area contributed by atoms with Crippen molar-refractivity contribution in [3.63, 3.8) is 0 Å². The number of hydrogen-bond acceptors (Lipinski definition) is 9. The Morgan fingerprint density at radius 3 is 2.42 bits per heavy atom. The minimum absolute atomic E-state index is 0.0880. The summed E-state index contributed by atoms with van der Waals surface area (Å²) in [6.45, 7) is 4.16. The van der Waals surface area contributed by atoms with E-state index in [1.54, 1.807) is 11.8 Å². The number of thioether (sulfide) groups is 1. The standard InChI is InChI=1S/C26H26BrN3O8S2/c1-3-37-21-13-17(14-22-25(33)30(26(34)39-22)15-23(32)29-10-4-5-11-29)12-20(27)24(21)38-40(35,36)19-8-6-18(7-9-19)28-16(2)31/h6-9,12-14H,3-5,10-11,15H2,1-2H3,(H,28,31)/b22-14-. The molecule has 4 amide bonds. The van der Waals surface area contributed by atoms with E-state index in [2.05, 4.69) is 21.2 Å². The number of anilines is 1. The van der Waals surface area contributed by atoms with E-state index in [0.29, 0.717) is 24.3 Å². The van der Waals surface area contributed by atoms with Gasteiger partial charge in [0.1, 0.15) is 11.4 Å². The highest BCUT2D eigenvalue weighted by Gasteiger charge is 2.37. The van der Waals surface area contributed by atoms with Crippen LogP contribution in [0.3, 0.4) is 0 Å². The Morgan fingerprint density at radius 1 is 1.12 bits per heavy atom. The molecule has 4 rings (SSSR count). The molecule has 0 aliphatic carbocycles. The lowest BCUT2D eigenvalue weighted by molar-refractivity contribution is -0.135. The molecule has 212 valence electrons. The second-order valence-electron chi connectivity index (χ2n) is 8.86. The van der Waals surface area contributed by atoms with E-state index < -0.39 is 21.3 Å². The van der Waals surface area contributed by atoms with Gasteiger partial charge in [0.2, 0.25) is 11.8 Å². The maximum atomic E-state index is 13.0. The fourth-order valence-electron chi connectivity index (χ4n) is 4.07. The monoisotopic (exact) mass is 651 g/mol. The van der Waals surface area contributed by atoms with Crippen LogP contribution < -0.4 is 14.2 Å². The van der Waals surface area contributed by atoms with Gasteiger partial charge in [-0.25, -0.2) is 0 Å². The van der Waals surface area contributed by atoms with Gasteiger partial charge < -0.3 is 19.1 Å². The zero-order valence-corrected chi connectivity index (χ0v) is 24.9. The van der Waals surface area contributed by atoms with Gasteiger partial charge in [-0.2, -0.15) is 8.42 Å². The number of benzene rings is 2. The van der Waals surface area contributed by atoms with Crippen LogP contribution in [0.4, 0.5) is 10.5 Å². The highest BCUT2D eigenvalue weighted by molar-refractivity contribution is 9.10. The molecule has 2 aromatic carbocycles. The van der Waals surface area contributed by atoms with E-state index in [-0.39, 0.29) is 50.7 Å². The molecule has 0 unspecified atom stereocenters. The maximum Gasteiger partial charge on any atom is 0.339 e. The maximum absolute atomic E-state index is 13.0. The predicted octanol–water partition coefficient (Wildman–Crippen LogP) is 4.23. The Kier molecular flexibility index (Phi) is 9.21. The molecule has 0 bridgehead atoms. The molecule has 11 nitrogen and oxygen atoms in total. The van der Waals surface area contributed by atoms with Gasteiger partial charge in [-0.3, -0.25) is 24.1 Å². The molecule has 0 atom stereocenters. The fourth-order valence-corrected chi connectivity index (χ4v) is 6.51. The Hall–Kier alpha value is -3.36. The molecule has 0 saturated carbocycles. The van der Waals surface area contributed by atoms with Crippen molar-refractivity contribution in [2.75, 3.05) is 31.6 Å². The van der Waals surface area contributed by atoms with Crippen LogP contribution in [0.5, 0.6) is 11.5 Å². The third kappa shape index (κ3) is 6.85. The summed E-state index contributed by atoms with van der Waals surface area (Å²) in [5.74, 6) is -1.16. The van der Waals surface area contributed by atoms with Gasteiger partial charge in [-0.05, 0) is 95.5 Å². The normalized spacial score (nSPS) is 16.5. The smallest absolute Gasteiger partial charge is 0.339 e. The van der Waals surface area contributed by atoms with Crippen LogP contribution in [0.25, 0.3) is 6.08 Å². The van der Waals surface area contributed by atoms with E-state index in [4.69, 9.17) is 8.92 Å². The van der Waals surface area contributed by atoms with Gasteiger partial charge in [0, 0.05) is 25.7 Å². The van der Waals surface area contributed by atoms with Crippen LogP contribution in [0.1, 0.15) is 32.3 Å². The highest BCUT2D eigenvalue weighted by Crippen LogP contribution is 2.40. The quantitative estimate of drug-likeness (QED) is 0.312. The van der Waals surface area contributed by atoms with Gasteiger partial charge in [-0.1, -0.05) is 0 Å². The number of imide groups is 1. The van der Waals surface area contributed by atoms with Crippen LogP contribution in [0.15, 0.2) is 50.7 Å². The first kappa shape index (κ1) is 29.6. The summed E-state index contributed by atoms with van der Waals surface area (Å²) in [5.41, 5.74) is 0.868. The van der Waals surface area contributed by atoms with Crippen molar-refractivity contribution in [1.82, 2.24) is 9.80 Å². The van der Waals surface area contributed by atoms with Crippen LogP contribution in [0.2, 0.25) is 0 Å². The minimum atomic E-state index is -4.28. The molecular formula is C26H26BrN3O8S2. The van der Waals surface area contributed by atoms with Gasteiger partial charge in [0.25, 0.3) is 11.1 Å². The SMILES string of the molecule is CCOc1cc(/C=C2\SC(=O)N(CC(=O)N3CCCC3)C2=O)cc(Br)c1OS(=O)(=O)c1ccc(NC(C)=O)cc1. The number of carbonyl (C=O) groups is 4. The highest BCUT2D eigenvalue weighted by atomic mass is 79.9. The number of hydrogen-bond donors (Lipinski definition) is 1. The number of nitrogens with one attached hydrogen (secondary N) is 1. The van der Waals surface area contributed by atoms with Crippen molar-refractivity contribution >= 4 is 72.5 Å². The van der Waals surface area contributed by atoms with Gasteiger partial charge >= 0.3 is 10.1 Å². The fraction of sp³-hybridized carbons (Fsp3) is 0.308. The van der Waals surface area contributed by atoms with Crippen LogP contribution >= 0.6 is 27.7 Å². The van der Waals surface area contributed by atoms with Crippen molar-refractivity contribution in [3.05, 3.63) is 51.3 Å². The van der Waals surface area contributed by atoms with E-state index >= 15 is 0 Å². The second-order valence-corrected chi connectivity index (χ2v) is 12.3. The molecule has 2 fully saturated rings. The van der Waals surface area contributed by atoms with Gasteiger partial charge in [0.05, 0.1) is 16.0 Å². The Balaban J connectivity index is 1.56. The molecule has 14 heteroatoms. The first-order chi connectivity index (χ1) is 19.0. The summed E-state index contributed by atoms with van der Waals surface area (Å²) in [6, 6.07) is 8.48. The average molecular weight is 653 g/mol. The van der Waals surface area contributed by atoms with Crippen molar-refractivity contribution in [2.45, 2.75) is 31.6 Å². The van der Waals surface area contributed by atoms with Crippen LogP contribution in [-0.2, 0) is 24.5 Å². The zero-order valence-electron chi connectivity index (χ0n) is 21.6. The van der Waals surface area contributed by atoms with Gasteiger partial charge in [-0.15, -0.1) is 0 Å². The van der Waals surface area contributed by atoms with E-state index in [1.807, 2.05) is 0 Å². The molecule has 2 aliphatic rings. The average Bonchev–Trinajstić information content (AvgIpc) is 3.51. The third-order valence-corrected chi connectivity index (χ3v) is 8.64. The predicted molar refractivity (Wildman–Crippen MR) is 152 cm³/mol. The Bertz CT molecular complexity index is 1490.